The SMILES string of the molecule is Cc1cccc2ncc(C(=O)Cl)cc12. The number of rotatable bonds is 1. The van der Waals surface area contributed by atoms with Gasteiger partial charge in [0.25, 0.3) is 5.24 Å². The van der Waals surface area contributed by atoms with Gasteiger partial charge in [0.2, 0.25) is 0 Å². The van der Waals surface area contributed by atoms with Gasteiger partial charge in [-0.25, -0.2) is 0 Å². The first-order valence-electron chi connectivity index (χ1n) is 4.23. The Hall–Kier alpha value is -1.41. The predicted octanol–water partition coefficient (Wildman–Crippen LogP) is 2.92. The van der Waals surface area contributed by atoms with Gasteiger partial charge in [0.15, 0.2) is 0 Å². The van der Waals surface area contributed by atoms with Gasteiger partial charge in [0.1, 0.15) is 0 Å². The summed E-state index contributed by atoms with van der Waals surface area (Å²) in [4.78, 5) is 15.1. The van der Waals surface area contributed by atoms with Crippen LogP contribution < -0.4 is 0 Å². The lowest BCUT2D eigenvalue weighted by Crippen LogP contribution is -1.91. The van der Waals surface area contributed by atoms with Gasteiger partial charge in [-0.05, 0) is 36.2 Å². The number of carbonyl (C=O) groups is 1. The molecule has 14 heavy (non-hydrogen) atoms. The summed E-state index contributed by atoms with van der Waals surface area (Å²) in [7, 11) is 0. The molecule has 0 N–H and O–H groups in total. The quantitative estimate of drug-likeness (QED) is 0.670. The third kappa shape index (κ3) is 1.49. The molecular weight excluding hydrogens is 198 g/mol. The van der Waals surface area contributed by atoms with Gasteiger partial charge in [-0.2, -0.15) is 0 Å². The van der Waals surface area contributed by atoms with Crippen LogP contribution in [0.2, 0.25) is 0 Å². The monoisotopic (exact) mass is 205 g/mol. The predicted molar refractivity (Wildman–Crippen MR) is 56.7 cm³/mol. The lowest BCUT2D eigenvalue weighted by molar-refractivity contribution is 0.108. The van der Waals surface area contributed by atoms with Crippen molar-refractivity contribution in [3.05, 3.63) is 41.6 Å². The van der Waals surface area contributed by atoms with Crippen LogP contribution in [0.1, 0.15) is 15.9 Å². The standard InChI is InChI=1S/C11H8ClNO/c1-7-3-2-4-10-9(7)5-8(6-13-10)11(12)14/h2-6H,1H3. The van der Waals surface area contributed by atoms with Crippen LogP contribution in [0.15, 0.2) is 30.5 Å². The van der Waals surface area contributed by atoms with Crippen LogP contribution in [-0.4, -0.2) is 10.2 Å². The molecule has 2 rings (SSSR count). The van der Waals surface area contributed by atoms with Crippen LogP contribution in [0.4, 0.5) is 0 Å². The van der Waals surface area contributed by atoms with Crippen molar-refractivity contribution in [1.29, 1.82) is 0 Å². The molecule has 0 bridgehead atoms. The van der Waals surface area contributed by atoms with Crippen LogP contribution in [0.5, 0.6) is 0 Å². The second-order valence-electron chi connectivity index (χ2n) is 3.14. The molecule has 2 aromatic rings. The van der Waals surface area contributed by atoms with E-state index in [1.54, 1.807) is 6.07 Å². The van der Waals surface area contributed by atoms with E-state index in [0.717, 1.165) is 16.5 Å². The van der Waals surface area contributed by atoms with Crippen LogP contribution in [0, 0.1) is 6.92 Å². The second-order valence-corrected chi connectivity index (χ2v) is 3.48. The molecule has 0 atom stereocenters. The van der Waals surface area contributed by atoms with Crippen LogP contribution in [-0.2, 0) is 0 Å². The first-order chi connectivity index (χ1) is 6.68. The van der Waals surface area contributed by atoms with Crippen molar-refractivity contribution in [2.75, 3.05) is 0 Å². The zero-order valence-corrected chi connectivity index (χ0v) is 8.38. The van der Waals surface area contributed by atoms with E-state index in [-0.39, 0.29) is 0 Å². The largest absolute Gasteiger partial charge is 0.276 e. The first-order valence-corrected chi connectivity index (χ1v) is 4.61. The average Bonchev–Trinajstić information content (AvgIpc) is 2.18. The van der Waals surface area contributed by atoms with E-state index in [1.165, 1.54) is 6.20 Å². The third-order valence-electron chi connectivity index (χ3n) is 2.17. The maximum atomic E-state index is 10.9. The Morgan fingerprint density at radius 3 is 2.93 bits per heavy atom. The Bertz CT molecular complexity index is 508. The molecule has 0 fully saturated rings. The molecule has 0 radical (unpaired) electrons. The van der Waals surface area contributed by atoms with E-state index >= 15 is 0 Å². The lowest BCUT2D eigenvalue weighted by Gasteiger charge is -2.01. The number of aryl methyl sites for hydroxylation is 1. The van der Waals surface area contributed by atoms with Gasteiger partial charge >= 0.3 is 0 Å². The number of halogens is 1. The summed E-state index contributed by atoms with van der Waals surface area (Å²) in [5, 5.41) is 0.502. The maximum Gasteiger partial charge on any atom is 0.253 e. The summed E-state index contributed by atoms with van der Waals surface area (Å²) >= 11 is 5.38. The minimum atomic E-state index is -0.470. The highest BCUT2D eigenvalue weighted by molar-refractivity contribution is 6.67. The summed E-state index contributed by atoms with van der Waals surface area (Å²) in [5.74, 6) is 0. The first kappa shape index (κ1) is 9.16. The number of hydrogen-bond acceptors (Lipinski definition) is 2. The summed E-state index contributed by atoms with van der Waals surface area (Å²) in [6, 6.07) is 7.59. The number of nitrogens with zero attached hydrogens (tertiary/aromatic N) is 1. The Morgan fingerprint density at radius 2 is 2.21 bits per heavy atom. The minimum Gasteiger partial charge on any atom is -0.276 e. The number of pyridine rings is 1. The molecule has 2 nitrogen and oxygen atoms in total. The summed E-state index contributed by atoms with van der Waals surface area (Å²) < 4.78 is 0. The Morgan fingerprint density at radius 1 is 1.43 bits per heavy atom. The summed E-state index contributed by atoms with van der Waals surface area (Å²) in [5.41, 5.74) is 2.41. The molecule has 0 aliphatic carbocycles. The zero-order valence-electron chi connectivity index (χ0n) is 7.62. The normalized spacial score (nSPS) is 10.4. The molecule has 0 saturated heterocycles. The Balaban J connectivity index is 2.76. The lowest BCUT2D eigenvalue weighted by atomic mass is 10.1. The van der Waals surface area contributed by atoms with Crippen molar-refractivity contribution in [1.82, 2.24) is 4.98 Å². The van der Waals surface area contributed by atoms with Gasteiger partial charge in [-0.15, -0.1) is 0 Å². The third-order valence-corrected chi connectivity index (χ3v) is 2.39. The van der Waals surface area contributed by atoms with E-state index in [9.17, 15) is 4.79 Å². The molecule has 0 aliphatic heterocycles. The van der Waals surface area contributed by atoms with Crippen molar-refractivity contribution in [3.63, 3.8) is 0 Å². The number of hydrogen-bond donors (Lipinski definition) is 0. The average molecular weight is 206 g/mol. The molecule has 1 aromatic heterocycles. The summed E-state index contributed by atoms with van der Waals surface area (Å²) in [6.07, 6.45) is 1.50. The Labute approximate surface area is 86.5 Å². The second kappa shape index (κ2) is 3.39. The fourth-order valence-electron chi connectivity index (χ4n) is 1.40. The molecule has 0 unspecified atom stereocenters. The fraction of sp³-hybridized carbons (Fsp3) is 0.0909. The van der Waals surface area contributed by atoms with E-state index in [0.29, 0.717) is 5.56 Å². The minimum absolute atomic E-state index is 0.438. The maximum absolute atomic E-state index is 10.9. The molecule has 1 aromatic carbocycles. The van der Waals surface area contributed by atoms with Gasteiger partial charge in [-0.3, -0.25) is 9.78 Å². The molecule has 0 spiro atoms. The van der Waals surface area contributed by atoms with Gasteiger partial charge in [0, 0.05) is 11.6 Å². The Kier molecular flexibility index (Phi) is 2.22. The highest BCUT2D eigenvalue weighted by Gasteiger charge is 2.04. The van der Waals surface area contributed by atoms with E-state index in [2.05, 4.69) is 4.98 Å². The van der Waals surface area contributed by atoms with Crippen LogP contribution in [0.25, 0.3) is 10.9 Å². The molecule has 0 saturated carbocycles. The van der Waals surface area contributed by atoms with Crippen molar-refractivity contribution < 1.29 is 4.79 Å². The molecule has 3 heteroatoms. The van der Waals surface area contributed by atoms with Crippen LogP contribution >= 0.6 is 11.6 Å². The molecule has 1 heterocycles. The highest BCUT2D eigenvalue weighted by Crippen LogP contribution is 2.18. The van der Waals surface area contributed by atoms with Gasteiger partial charge in [-0.1, -0.05) is 12.1 Å². The molecule has 0 aliphatic rings. The van der Waals surface area contributed by atoms with E-state index in [1.807, 2.05) is 25.1 Å². The number of benzene rings is 1. The van der Waals surface area contributed by atoms with Crippen molar-refractivity contribution in [2.24, 2.45) is 0 Å². The zero-order chi connectivity index (χ0) is 10.1. The molecule has 0 amide bonds. The number of aromatic nitrogens is 1. The van der Waals surface area contributed by atoms with E-state index in [4.69, 9.17) is 11.6 Å². The molecular formula is C11H8ClNO. The fourth-order valence-corrected chi connectivity index (χ4v) is 1.51. The smallest absolute Gasteiger partial charge is 0.253 e. The van der Waals surface area contributed by atoms with Crippen LogP contribution in [0.3, 0.4) is 0 Å². The molecule has 70 valence electrons. The van der Waals surface area contributed by atoms with Crippen molar-refractivity contribution in [3.8, 4) is 0 Å². The van der Waals surface area contributed by atoms with E-state index < -0.39 is 5.24 Å². The van der Waals surface area contributed by atoms with Gasteiger partial charge < -0.3 is 0 Å². The number of fused-ring (bicyclic) bond motifs is 1. The number of carbonyl (C=O) groups excluding carboxylic acids is 1. The van der Waals surface area contributed by atoms with Crippen molar-refractivity contribution in [2.45, 2.75) is 6.92 Å². The van der Waals surface area contributed by atoms with Gasteiger partial charge in [0.05, 0.1) is 11.1 Å². The topological polar surface area (TPSA) is 30.0 Å². The highest BCUT2D eigenvalue weighted by atomic mass is 35.5. The summed E-state index contributed by atoms with van der Waals surface area (Å²) in [6.45, 7) is 1.98. The van der Waals surface area contributed by atoms with Crippen molar-refractivity contribution >= 4 is 27.7 Å².